The van der Waals surface area contributed by atoms with Crippen LogP contribution in [0.4, 0.5) is 4.79 Å². The van der Waals surface area contributed by atoms with Crippen molar-refractivity contribution in [3.8, 4) is 0 Å². The van der Waals surface area contributed by atoms with Crippen molar-refractivity contribution in [2.45, 2.75) is 64.5 Å². The molecule has 1 saturated carbocycles. The highest BCUT2D eigenvalue weighted by Gasteiger charge is 2.55. The summed E-state index contributed by atoms with van der Waals surface area (Å²) in [4.78, 5) is 29.1. The third-order valence-electron chi connectivity index (χ3n) is 6.15. The van der Waals surface area contributed by atoms with Gasteiger partial charge in [-0.2, -0.15) is 0 Å². The molecule has 1 aliphatic carbocycles. The maximum Gasteiger partial charge on any atom is 0.326 e. The first-order valence-corrected chi connectivity index (χ1v) is 11.6. The van der Waals surface area contributed by atoms with E-state index < -0.39 is 15.4 Å². The maximum absolute atomic E-state index is 13.2. The number of carbonyl (C=O) groups excluding carboxylic acids is 2. The smallest absolute Gasteiger partial charge is 0.323 e. The van der Waals surface area contributed by atoms with Crippen LogP contribution in [0.3, 0.4) is 0 Å². The molecule has 1 N–H and O–H groups in total. The van der Waals surface area contributed by atoms with Crippen molar-refractivity contribution < 1.29 is 18.0 Å². The molecule has 7 nitrogen and oxygen atoms in total. The van der Waals surface area contributed by atoms with Gasteiger partial charge in [0.1, 0.15) is 5.54 Å². The fourth-order valence-corrected chi connectivity index (χ4v) is 6.42. The van der Waals surface area contributed by atoms with Crippen LogP contribution >= 0.6 is 0 Å². The lowest BCUT2D eigenvalue weighted by Gasteiger charge is -2.37. The number of hydrogen-bond donors (Lipinski definition) is 1. The minimum Gasteiger partial charge on any atom is -0.323 e. The number of sulfone groups is 1. The van der Waals surface area contributed by atoms with E-state index in [1.54, 1.807) is 0 Å². The fraction of sp³-hybridized carbons (Fsp3) is 0.889. The molecule has 2 aliphatic heterocycles. The molecule has 3 amide bonds. The predicted molar refractivity (Wildman–Crippen MR) is 99.2 cm³/mol. The van der Waals surface area contributed by atoms with Gasteiger partial charge >= 0.3 is 6.03 Å². The Balaban J connectivity index is 1.78. The van der Waals surface area contributed by atoms with Crippen LogP contribution in [0.15, 0.2) is 0 Å². The van der Waals surface area contributed by atoms with Crippen molar-refractivity contribution in [2.75, 3.05) is 24.7 Å². The van der Waals surface area contributed by atoms with E-state index in [0.717, 1.165) is 19.3 Å². The van der Waals surface area contributed by atoms with Gasteiger partial charge in [-0.3, -0.25) is 9.69 Å². The maximum atomic E-state index is 13.2. The Morgan fingerprint density at radius 1 is 1.27 bits per heavy atom. The van der Waals surface area contributed by atoms with Crippen LogP contribution in [0.25, 0.3) is 0 Å². The van der Waals surface area contributed by atoms with Crippen LogP contribution in [0, 0.1) is 11.8 Å². The minimum atomic E-state index is -3.02. The van der Waals surface area contributed by atoms with Gasteiger partial charge in [-0.1, -0.05) is 33.6 Å². The van der Waals surface area contributed by atoms with Gasteiger partial charge < -0.3 is 5.32 Å². The SMILES string of the molecule is CC(C)CN(CN1C(=O)NC2(CCCCC2C)C1=O)C1CCS(=O)(=O)C1. The lowest BCUT2D eigenvalue weighted by atomic mass is 9.73. The van der Waals surface area contributed by atoms with E-state index in [4.69, 9.17) is 0 Å². The second-order valence-electron chi connectivity index (χ2n) is 8.64. The molecule has 1 spiro atoms. The van der Waals surface area contributed by atoms with Crippen LogP contribution in [-0.4, -0.2) is 66.5 Å². The Morgan fingerprint density at radius 2 is 2.00 bits per heavy atom. The summed E-state index contributed by atoms with van der Waals surface area (Å²) in [7, 11) is -3.02. The molecular weight excluding hydrogens is 354 g/mol. The molecule has 3 rings (SSSR count). The second-order valence-corrected chi connectivity index (χ2v) is 10.9. The van der Waals surface area contributed by atoms with Crippen molar-refractivity contribution in [1.29, 1.82) is 0 Å². The van der Waals surface area contributed by atoms with Crippen LogP contribution in [0.2, 0.25) is 0 Å². The highest BCUT2D eigenvalue weighted by Crippen LogP contribution is 2.38. The van der Waals surface area contributed by atoms with E-state index in [2.05, 4.69) is 19.2 Å². The molecule has 3 unspecified atom stereocenters. The van der Waals surface area contributed by atoms with Crippen LogP contribution < -0.4 is 5.32 Å². The molecule has 0 aromatic rings. The Bertz CT molecular complexity index is 678. The van der Waals surface area contributed by atoms with Gasteiger partial charge in [0, 0.05) is 12.6 Å². The summed E-state index contributed by atoms with van der Waals surface area (Å²) in [6.07, 6.45) is 4.24. The van der Waals surface area contributed by atoms with Crippen molar-refractivity contribution in [2.24, 2.45) is 11.8 Å². The number of nitrogens with one attached hydrogen (secondary N) is 1. The number of nitrogens with zero attached hydrogens (tertiary/aromatic N) is 2. The summed E-state index contributed by atoms with van der Waals surface area (Å²) < 4.78 is 23.8. The average Bonchev–Trinajstić information content (AvgIpc) is 3.02. The van der Waals surface area contributed by atoms with Crippen LogP contribution in [0.1, 0.15) is 52.9 Å². The fourth-order valence-electron chi connectivity index (χ4n) is 4.66. The van der Waals surface area contributed by atoms with E-state index >= 15 is 0 Å². The van der Waals surface area contributed by atoms with E-state index in [9.17, 15) is 18.0 Å². The van der Waals surface area contributed by atoms with Gasteiger partial charge in [0.2, 0.25) is 0 Å². The predicted octanol–water partition coefficient (Wildman–Crippen LogP) is 1.59. The highest BCUT2D eigenvalue weighted by molar-refractivity contribution is 7.91. The summed E-state index contributed by atoms with van der Waals surface area (Å²) in [5, 5.41) is 2.98. The van der Waals surface area contributed by atoms with Crippen molar-refractivity contribution in [1.82, 2.24) is 15.1 Å². The lowest BCUT2D eigenvalue weighted by Crippen LogP contribution is -2.54. The molecule has 0 aromatic heterocycles. The largest absolute Gasteiger partial charge is 0.326 e. The number of amides is 3. The third-order valence-corrected chi connectivity index (χ3v) is 7.90. The van der Waals surface area contributed by atoms with E-state index in [1.165, 1.54) is 4.90 Å². The summed E-state index contributed by atoms with van der Waals surface area (Å²) in [5.41, 5.74) is -0.763. The van der Waals surface area contributed by atoms with Crippen LogP contribution in [0.5, 0.6) is 0 Å². The standard InChI is InChI=1S/C18H31N3O4S/c1-13(2)10-20(15-7-9-26(24,25)11-15)12-21-16(22)18(19-17(21)23)8-5-4-6-14(18)3/h13-15H,4-12H2,1-3H3,(H,19,23). The van der Waals surface area contributed by atoms with Crippen LogP contribution in [-0.2, 0) is 14.6 Å². The molecule has 148 valence electrons. The molecular formula is C18H31N3O4S. The van der Waals surface area contributed by atoms with E-state index in [0.29, 0.717) is 25.3 Å². The van der Waals surface area contributed by atoms with E-state index in [1.807, 2.05) is 11.8 Å². The van der Waals surface area contributed by atoms with Gasteiger partial charge in [0.05, 0.1) is 18.2 Å². The molecule has 3 aliphatic rings. The second kappa shape index (κ2) is 7.11. The van der Waals surface area contributed by atoms with Crippen molar-refractivity contribution >= 4 is 21.8 Å². The van der Waals surface area contributed by atoms with Gasteiger partial charge in [-0.05, 0) is 31.1 Å². The third kappa shape index (κ3) is 3.63. The molecule has 2 saturated heterocycles. The zero-order valence-corrected chi connectivity index (χ0v) is 16.8. The number of rotatable bonds is 5. The quantitative estimate of drug-likeness (QED) is 0.726. The lowest BCUT2D eigenvalue weighted by molar-refractivity contribution is -0.136. The molecule has 2 heterocycles. The molecule has 0 bridgehead atoms. The number of carbonyl (C=O) groups is 2. The summed E-state index contributed by atoms with van der Waals surface area (Å²) in [6.45, 7) is 7.01. The normalized spacial score (nSPS) is 34.3. The zero-order valence-electron chi connectivity index (χ0n) is 16.0. The molecule has 3 atom stereocenters. The van der Waals surface area contributed by atoms with Crippen molar-refractivity contribution in [3.05, 3.63) is 0 Å². The molecule has 0 radical (unpaired) electrons. The minimum absolute atomic E-state index is 0.116. The Hall–Kier alpha value is -1.15. The Labute approximate surface area is 156 Å². The Kier molecular flexibility index (Phi) is 5.36. The van der Waals surface area contributed by atoms with Gasteiger partial charge in [0.15, 0.2) is 9.84 Å². The molecule has 3 fully saturated rings. The first-order chi connectivity index (χ1) is 12.1. The molecule has 0 aromatic carbocycles. The van der Waals surface area contributed by atoms with Gasteiger partial charge in [-0.25, -0.2) is 18.1 Å². The highest BCUT2D eigenvalue weighted by atomic mass is 32.2. The summed E-state index contributed by atoms with van der Waals surface area (Å²) >= 11 is 0. The van der Waals surface area contributed by atoms with Crippen molar-refractivity contribution in [3.63, 3.8) is 0 Å². The number of hydrogen-bond acceptors (Lipinski definition) is 5. The Morgan fingerprint density at radius 3 is 2.58 bits per heavy atom. The average molecular weight is 386 g/mol. The van der Waals surface area contributed by atoms with Gasteiger partial charge in [-0.15, -0.1) is 0 Å². The number of urea groups is 1. The monoisotopic (exact) mass is 385 g/mol. The topological polar surface area (TPSA) is 86.8 Å². The molecule has 8 heteroatoms. The zero-order chi connectivity index (χ0) is 19.1. The summed E-state index contributed by atoms with van der Waals surface area (Å²) in [6, 6.07) is -0.457. The first kappa shape index (κ1) is 19.6. The summed E-state index contributed by atoms with van der Waals surface area (Å²) in [5.74, 6) is 0.618. The van der Waals surface area contributed by atoms with E-state index in [-0.39, 0.29) is 42.1 Å². The molecule has 26 heavy (non-hydrogen) atoms. The first-order valence-electron chi connectivity index (χ1n) is 9.73. The van der Waals surface area contributed by atoms with Gasteiger partial charge in [0.25, 0.3) is 5.91 Å². The number of imide groups is 1.